The number of hydrogen-bond donors (Lipinski definition) is 0. The predicted octanol–water partition coefficient (Wildman–Crippen LogP) is 8.34. The smallest absolute Gasteiger partial charge is 0.189 e. The molecule has 9 heteroatoms. The second-order valence-electron chi connectivity index (χ2n) is 9.57. The summed E-state index contributed by atoms with van der Waals surface area (Å²) in [4.78, 5) is 8.21. The van der Waals surface area contributed by atoms with Crippen molar-refractivity contribution in [1.82, 2.24) is 19.3 Å². The van der Waals surface area contributed by atoms with E-state index < -0.39 is 40.2 Å². The average molecular weight is 533 g/mol. The van der Waals surface area contributed by atoms with E-state index in [1.54, 1.807) is 48.9 Å². The first-order chi connectivity index (χ1) is 18.6. The van der Waals surface area contributed by atoms with Gasteiger partial charge in [-0.2, -0.15) is 4.79 Å². The monoisotopic (exact) mass is 532 g/mol. The number of nitrogens with zero attached hydrogens (tertiary/aromatic N) is 4. The van der Waals surface area contributed by atoms with Crippen LogP contribution in [0.3, 0.4) is 0 Å². The zero-order valence-electron chi connectivity index (χ0n) is 21.4. The van der Waals surface area contributed by atoms with Crippen LogP contribution in [-0.2, 0) is 7.05 Å². The number of halogens is 5. The number of hydrogen-bond acceptors (Lipinski definition) is 2. The molecule has 0 fully saturated rings. The van der Waals surface area contributed by atoms with Gasteiger partial charge in [0.05, 0.1) is 16.9 Å². The molecule has 6 rings (SSSR count). The van der Waals surface area contributed by atoms with Crippen molar-refractivity contribution in [2.24, 2.45) is 7.05 Å². The summed E-state index contributed by atoms with van der Waals surface area (Å²) in [7, 11) is 1.77. The molecule has 0 N–H and O–H groups in total. The van der Waals surface area contributed by atoms with Crippen LogP contribution in [-0.4, -0.2) is 19.3 Å². The fourth-order valence-corrected chi connectivity index (χ4v) is 5.33. The molecule has 0 saturated carbocycles. The fourth-order valence-electron chi connectivity index (χ4n) is 5.33. The van der Waals surface area contributed by atoms with Gasteiger partial charge in [0.25, 0.3) is 0 Å². The van der Waals surface area contributed by atoms with Gasteiger partial charge in [-0.3, -0.25) is 0 Å². The average Bonchev–Trinajstić information content (AvgIpc) is 3.61. The van der Waals surface area contributed by atoms with Crippen molar-refractivity contribution in [1.29, 1.82) is 0 Å². The van der Waals surface area contributed by atoms with Crippen molar-refractivity contribution in [3.05, 3.63) is 93.6 Å². The van der Waals surface area contributed by atoms with Gasteiger partial charge in [-0.25, -0.2) is 27.5 Å². The summed E-state index contributed by atoms with van der Waals surface area (Å²) >= 11 is 0. The van der Waals surface area contributed by atoms with Crippen LogP contribution in [0.25, 0.3) is 57.0 Å². The number of aryl methyl sites for hydroxylation is 4. The van der Waals surface area contributed by atoms with Gasteiger partial charge >= 0.3 is 0 Å². The standard InChI is InChI=1S/C30H21F5N4/c1-14-15(2)29-16(3)27-24(32)25(33)28(37-27)26(34)30-23(31)22(17-8-6-5-7-9-17)21(39(30)35)13-19-11-10-18(36-19)12-20(14)38(29)4/h5-13H,1-4H3. The van der Waals surface area contributed by atoms with Gasteiger partial charge in [-0.15, -0.1) is 0 Å². The quantitative estimate of drug-likeness (QED) is 0.204. The number of benzene rings is 1. The molecule has 0 saturated heterocycles. The van der Waals surface area contributed by atoms with E-state index in [1.807, 2.05) is 19.9 Å². The van der Waals surface area contributed by atoms with Crippen LogP contribution >= 0.6 is 0 Å². The number of aromatic nitrogens is 4. The summed E-state index contributed by atoms with van der Waals surface area (Å²) in [6, 6.07) is 11.1. The Morgan fingerprint density at radius 1 is 0.667 bits per heavy atom. The van der Waals surface area contributed by atoms with Crippen LogP contribution in [0.5, 0.6) is 0 Å². The van der Waals surface area contributed by atoms with Crippen LogP contribution in [0, 0.1) is 32.4 Å². The molecule has 0 spiro atoms. The van der Waals surface area contributed by atoms with E-state index in [2.05, 4.69) is 9.97 Å². The minimum atomic E-state index is -1.67. The summed E-state index contributed by atoms with van der Waals surface area (Å²) in [5.74, 6) is -5.98. The molecule has 196 valence electrons. The van der Waals surface area contributed by atoms with Gasteiger partial charge < -0.3 is 4.57 Å². The lowest BCUT2D eigenvalue weighted by atomic mass is 10.1. The highest BCUT2D eigenvalue weighted by Crippen LogP contribution is 2.40. The second-order valence-corrected chi connectivity index (χ2v) is 9.57. The van der Waals surface area contributed by atoms with Crippen LogP contribution in [0.1, 0.15) is 39.5 Å². The number of rotatable bonds is 1. The highest BCUT2D eigenvalue weighted by Gasteiger charge is 2.30. The maximum absolute atomic E-state index is 15.9. The van der Waals surface area contributed by atoms with Gasteiger partial charge in [0, 0.05) is 29.2 Å². The zero-order chi connectivity index (χ0) is 27.7. The molecule has 8 bridgehead atoms. The third-order valence-corrected chi connectivity index (χ3v) is 7.36. The van der Waals surface area contributed by atoms with Crippen LogP contribution in [0.2, 0.25) is 0 Å². The minimum Gasteiger partial charge on any atom is -0.344 e. The molecule has 0 aliphatic carbocycles. The van der Waals surface area contributed by atoms with Crippen LogP contribution in [0.4, 0.5) is 22.0 Å². The van der Waals surface area contributed by atoms with E-state index in [4.69, 9.17) is 0 Å². The molecule has 0 radical (unpaired) electrons. The lowest BCUT2D eigenvalue weighted by molar-refractivity contribution is 0.394. The van der Waals surface area contributed by atoms with E-state index in [-0.39, 0.29) is 27.0 Å². The van der Waals surface area contributed by atoms with E-state index in [9.17, 15) is 0 Å². The molecule has 3 aromatic heterocycles. The molecular weight excluding hydrogens is 511 g/mol. The maximum atomic E-state index is 15.9. The van der Waals surface area contributed by atoms with Gasteiger partial charge in [0.2, 0.25) is 0 Å². The predicted molar refractivity (Wildman–Crippen MR) is 143 cm³/mol. The summed E-state index contributed by atoms with van der Waals surface area (Å²) < 4.78 is 79.6. The maximum Gasteiger partial charge on any atom is 0.189 e. The SMILES string of the molecule is Cc1c(C)c2c(C)c3nc(c(F)c4c(F)c(-c5ccccc5)c(cc5nc(cc1n2C)C=C5)n4F)C(F)=C3F. The Kier molecular flexibility index (Phi) is 5.57. The van der Waals surface area contributed by atoms with Crippen LogP contribution < -0.4 is 0 Å². The Bertz CT molecular complexity index is 1950. The Hall–Kier alpha value is -4.53. The van der Waals surface area contributed by atoms with Gasteiger partial charge in [0.1, 0.15) is 16.9 Å². The molecule has 0 atom stereocenters. The van der Waals surface area contributed by atoms with Gasteiger partial charge in [0.15, 0.2) is 23.3 Å². The second kappa shape index (κ2) is 8.76. The van der Waals surface area contributed by atoms with E-state index in [1.165, 1.54) is 18.2 Å². The first kappa shape index (κ1) is 24.8. The highest BCUT2D eigenvalue weighted by molar-refractivity contribution is 5.92. The Labute approximate surface area is 220 Å². The van der Waals surface area contributed by atoms with Crippen LogP contribution in [0.15, 0.2) is 42.5 Å². The Morgan fingerprint density at radius 3 is 1.95 bits per heavy atom. The Morgan fingerprint density at radius 2 is 1.28 bits per heavy atom. The lowest BCUT2D eigenvalue weighted by Gasteiger charge is -2.02. The normalized spacial score (nSPS) is 13.1. The molecule has 39 heavy (non-hydrogen) atoms. The van der Waals surface area contributed by atoms with Crippen molar-refractivity contribution < 1.29 is 22.0 Å². The van der Waals surface area contributed by atoms with Crippen molar-refractivity contribution in [3.63, 3.8) is 0 Å². The van der Waals surface area contributed by atoms with Crippen molar-refractivity contribution in [2.75, 3.05) is 0 Å². The van der Waals surface area contributed by atoms with Gasteiger partial charge in [-0.05, 0) is 61.7 Å². The molecule has 1 aromatic carbocycles. The molecular formula is C30H21F5N4. The first-order valence-electron chi connectivity index (χ1n) is 12.1. The summed E-state index contributed by atoms with van der Waals surface area (Å²) in [6.07, 6.45) is 3.35. The molecule has 2 aliphatic heterocycles. The third-order valence-electron chi connectivity index (χ3n) is 7.36. The number of fused-ring (bicyclic) bond motifs is 8. The third kappa shape index (κ3) is 3.56. The van der Waals surface area contributed by atoms with E-state index in [0.29, 0.717) is 16.9 Å². The van der Waals surface area contributed by atoms with E-state index >= 15 is 22.0 Å². The highest BCUT2D eigenvalue weighted by atomic mass is 19.2. The molecule has 4 aromatic rings. The molecule has 0 amide bonds. The fraction of sp³-hybridized carbons (Fsp3) is 0.133. The topological polar surface area (TPSA) is 35.6 Å². The van der Waals surface area contributed by atoms with E-state index in [0.717, 1.165) is 16.6 Å². The van der Waals surface area contributed by atoms with Crippen molar-refractivity contribution in [3.8, 4) is 11.1 Å². The van der Waals surface area contributed by atoms with Gasteiger partial charge in [-0.1, -0.05) is 34.8 Å². The summed E-state index contributed by atoms with van der Waals surface area (Å²) in [5.41, 5.74) is 0.985. The minimum absolute atomic E-state index is 0.212. The zero-order valence-corrected chi connectivity index (χ0v) is 21.4. The Balaban J connectivity index is 1.89. The molecule has 4 nitrogen and oxygen atoms in total. The summed E-state index contributed by atoms with van der Waals surface area (Å²) in [6.45, 7) is 5.27. The lowest BCUT2D eigenvalue weighted by Crippen LogP contribution is -1.94. The molecule has 5 heterocycles. The first-order valence-corrected chi connectivity index (χ1v) is 12.1. The van der Waals surface area contributed by atoms with Crippen molar-refractivity contribution in [2.45, 2.75) is 20.8 Å². The summed E-state index contributed by atoms with van der Waals surface area (Å²) in [5, 5.41) is 0. The molecule has 0 unspecified atom stereocenters. The largest absolute Gasteiger partial charge is 0.344 e. The van der Waals surface area contributed by atoms with Crippen molar-refractivity contribution >= 4 is 45.9 Å². The molecule has 2 aliphatic rings.